The quantitative estimate of drug-likeness (QED) is 0.920. The summed E-state index contributed by atoms with van der Waals surface area (Å²) in [6, 6.07) is 3.29. The molecule has 2 rings (SSSR count). The molecule has 18 heavy (non-hydrogen) atoms. The van der Waals surface area contributed by atoms with E-state index in [2.05, 4.69) is 14.3 Å². The molecular weight excluding hydrogens is 290 g/mol. The Hall–Kier alpha value is -0.830. The second-order valence-corrected chi connectivity index (χ2v) is 7.47. The third kappa shape index (κ3) is 2.94. The minimum Gasteiger partial charge on any atom is -0.208 e. The molecular formula is C10H13N3O2S3. The van der Waals surface area contributed by atoms with Gasteiger partial charge in [-0.15, -0.1) is 16.4 Å². The van der Waals surface area contributed by atoms with Gasteiger partial charge in [0.05, 0.1) is 4.88 Å². The van der Waals surface area contributed by atoms with Gasteiger partial charge in [-0.2, -0.15) is 0 Å². The SMILES string of the molecule is CC[C@H](C)NS(=O)(=O)c1ccc(-c2csnn2)s1. The lowest BCUT2D eigenvalue weighted by Crippen LogP contribution is -2.31. The Labute approximate surface area is 114 Å². The van der Waals surface area contributed by atoms with Gasteiger partial charge in [0, 0.05) is 11.4 Å². The first-order valence-corrected chi connectivity index (χ1v) is 8.56. The minimum atomic E-state index is -3.42. The van der Waals surface area contributed by atoms with Crippen LogP contribution in [0.3, 0.4) is 0 Å². The lowest BCUT2D eigenvalue weighted by Gasteiger charge is -2.10. The number of hydrogen-bond donors (Lipinski definition) is 1. The topological polar surface area (TPSA) is 72.0 Å². The Kier molecular flexibility index (Phi) is 4.10. The number of sulfonamides is 1. The fraction of sp³-hybridized carbons (Fsp3) is 0.400. The molecule has 0 bridgehead atoms. The molecule has 98 valence electrons. The van der Waals surface area contributed by atoms with E-state index in [0.717, 1.165) is 17.0 Å². The zero-order chi connectivity index (χ0) is 13.2. The standard InChI is InChI=1S/C10H13N3O2S3/c1-3-7(2)12-18(14,15)10-5-4-9(17-10)8-6-16-13-11-8/h4-7,12H,3H2,1-2H3/t7-/m0/s1. The molecule has 0 spiro atoms. The Balaban J connectivity index is 2.25. The van der Waals surface area contributed by atoms with E-state index < -0.39 is 10.0 Å². The van der Waals surface area contributed by atoms with E-state index in [1.54, 1.807) is 17.5 Å². The van der Waals surface area contributed by atoms with Crippen molar-refractivity contribution in [1.82, 2.24) is 14.3 Å². The number of hydrogen-bond acceptors (Lipinski definition) is 6. The van der Waals surface area contributed by atoms with Gasteiger partial charge in [0.2, 0.25) is 10.0 Å². The third-order valence-electron chi connectivity index (χ3n) is 2.43. The molecule has 1 atom stereocenters. The average Bonchev–Trinajstić information content (AvgIpc) is 2.98. The maximum Gasteiger partial charge on any atom is 0.250 e. The van der Waals surface area contributed by atoms with Crippen molar-refractivity contribution in [3.05, 3.63) is 17.5 Å². The first-order valence-electron chi connectivity index (χ1n) is 5.42. The summed E-state index contributed by atoms with van der Waals surface area (Å²) in [5.41, 5.74) is 0.718. The summed E-state index contributed by atoms with van der Waals surface area (Å²) in [6.45, 7) is 3.78. The van der Waals surface area contributed by atoms with Crippen molar-refractivity contribution in [2.45, 2.75) is 30.5 Å². The van der Waals surface area contributed by atoms with Crippen molar-refractivity contribution in [2.75, 3.05) is 0 Å². The Bertz CT molecular complexity index is 604. The molecule has 0 radical (unpaired) electrons. The molecule has 0 unspecified atom stereocenters. The molecule has 0 fully saturated rings. The van der Waals surface area contributed by atoms with Gasteiger partial charge in [-0.3, -0.25) is 0 Å². The van der Waals surface area contributed by atoms with Crippen LogP contribution in [0.5, 0.6) is 0 Å². The lowest BCUT2D eigenvalue weighted by atomic mass is 10.3. The van der Waals surface area contributed by atoms with E-state index in [0.29, 0.717) is 4.21 Å². The second-order valence-electron chi connectivity index (χ2n) is 3.84. The van der Waals surface area contributed by atoms with Crippen LogP contribution < -0.4 is 4.72 Å². The Morgan fingerprint density at radius 1 is 1.44 bits per heavy atom. The normalized spacial score (nSPS) is 13.7. The highest BCUT2D eigenvalue weighted by molar-refractivity contribution is 7.91. The lowest BCUT2D eigenvalue weighted by molar-refractivity contribution is 0.558. The fourth-order valence-electron chi connectivity index (χ4n) is 1.28. The second kappa shape index (κ2) is 5.43. The summed E-state index contributed by atoms with van der Waals surface area (Å²) >= 11 is 2.45. The van der Waals surface area contributed by atoms with Gasteiger partial charge < -0.3 is 0 Å². The highest BCUT2D eigenvalue weighted by atomic mass is 32.2. The average molecular weight is 303 g/mol. The van der Waals surface area contributed by atoms with Crippen LogP contribution in [-0.2, 0) is 10.0 Å². The molecule has 0 aliphatic rings. The summed E-state index contributed by atoms with van der Waals surface area (Å²) in [6.07, 6.45) is 0.757. The van der Waals surface area contributed by atoms with Gasteiger partial charge in [-0.05, 0) is 37.0 Å². The number of nitrogens with one attached hydrogen (secondary N) is 1. The molecule has 2 heterocycles. The van der Waals surface area contributed by atoms with Crippen LogP contribution in [0.2, 0.25) is 0 Å². The maximum atomic E-state index is 12.1. The molecule has 0 saturated carbocycles. The van der Waals surface area contributed by atoms with Crippen molar-refractivity contribution >= 4 is 32.9 Å². The molecule has 2 aromatic heterocycles. The highest BCUT2D eigenvalue weighted by Crippen LogP contribution is 2.29. The van der Waals surface area contributed by atoms with Crippen LogP contribution in [-0.4, -0.2) is 24.0 Å². The molecule has 1 N–H and O–H groups in total. The van der Waals surface area contributed by atoms with Crippen LogP contribution in [0, 0.1) is 0 Å². The number of rotatable bonds is 5. The number of nitrogens with zero attached hydrogens (tertiary/aromatic N) is 2. The third-order valence-corrected chi connectivity index (χ3v) is 6.12. The van der Waals surface area contributed by atoms with Crippen molar-refractivity contribution in [3.63, 3.8) is 0 Å². The smallest absolute Gasteiger partial charge is 0.208 e. The van der Waals surface area contributed by atoms with Gasteiger partial charge in [0.25, 0.3) is 0 Å². The zero-order valence-electron chi connectivity index (χ0n) is 9.95. The van der Waals surface area contributed by atoms with Crippen molar-refractivity contribution in [2.24, 2.45) is 0 Å². The maximum absolute atomic E-state index is 12.1. The summed E-state index contributed by atoms with van der Waals surface area (Å²) in [5.74, 6) is 0. The number of thiophene rings is 1. The van der Waals surface area contributed by atoms with E-state index in [1.165, 1.54) is 22.9 Å². The minimum absolute atomic E-state index is 0.0681. The Morgan fingerprint density at radius 2 is 2.22 bits per heavy atom. The van der Waals surface area contributed by atoms with Crippen LogP contribution in [0.25, 0.3) is 10.6 Å². The molecule has 0 saturated heterocycles. The van der Waals surface area contributed by atoms with Gasteiger partial charge in [-0.1, -0.05) is 11.4 Å². The molecule has 2 aromatic rings. The zero-order valence-corrected chi connectivity index (χ0v) is 12.4. The Morgan fingerprint density at radius 3 is 2.83 bits per heavy atom. The molecule has 0 aliphatic heterocycles. The van der Waals surface area contributed by atoms with Crippen molar-refractivity contribution in [3.8, 4) is 10.6 Å². The van der Waals surface area contributed by atoms with Crippen LogP contribution in [0.15, 0.2) is 21.7 Å². The van der Waals surface area contributed by atoms with Gasteiger partial charge in [0.1, 0.15) is 9.90 Å². The molecule has 0 aliphatic carbocycles. The van der Waals surface area contributed by atoms with Crippen LogP contribution >= 0.6 is 22.9 Å². The van der Waals surface area contributed by atoms with Gasteiger partial charge >= 0.3 is 0 Å². The molecule has 5 nitrogen and oxygen atoms in total. The fourth-order valence-corrected chi connectivity index (χ4v) is 4.42. The van der Waals surface area contributed by atoms with Gasteiger partial charge in [-0.25, -0.2) is 13.1 Å². The van der Waals surface area contributed by atoms with E-state index >= 15 is 0 Å². The van der Waals surface area contributed by atoms with Crippen molar-refractivity contribution in [1.29, 1.82) is 0 Å². The summed E-state index contributed by atoms with van der Waals surface area (Å²) in [5, 5.41) is 5.72. The number of aromatic nitrogens is 2. The first kappa shape index (κ1) is 13.6. The summed E-state index contributed by atoms with van der Waals surface area (Å²) in [7, 11) is -3.42. The predicted molar refractivity (Wildman–Crippen MR) is 73.3 cm³/mol. The highest BCUT2D eigenvalue weighted by Gasteiger charge is 2.19. The van der Waals surface area contributed by atoms with E-state index in [9.17, 15) is 8.42 Å². The van der Waals surface area contributed by atoms with Crippen molar-refractivity contribution < 1.29 is 8.42 Å². The van der Waals surface area contributed by atoms with Gasteiger partial charge in [0.15, 0.2) is 0 Å². The predicted octanol–water partition coefficient (Wildman–Crippen LogP) is 2.34. The summed E-state index contributed by atoms with van der Waals surface area (Å²) in [4.78, 5) is 0.813. The van der Waals surface area contributed by atoms with Crippen LogP contribution in [0.1, 0.15) is 20.3 Å². The van der Waals surface area contributed by atoms with E-state index in [-0.39, 0.29) is 6.04 Å². The first-order chi connectivity index (χ1) is 8.53. The molecule has 0 amide bonds. The molecule has 0 aromatic carbocycles. The van der Waals surface area contributed by atoms with Crippen LogP contribution in [0.4, 0.5) is 0 Å². The van der Waals surface area contributed by atoms with E-state index in [1.807, 2.05) is 13.8 Å². The largest absolute Gasteiger partial charge is 0.250 e. The van der Waals surface area contributed by atoms with E-state index in [4.69, 9.17) is 0 Å². The molecule has 8 heteroatoms. The monoisotopic (exact) mass is 303 g/mol. The summed E-state index contributed by atoms with van der Waals surface area (Å²) < 4.78 is 30.8.